The zero-order valence-electron chi connectivity index (χ0n) is 26.0. The molecule has 0 aliphatic heterocycles. The third-order valence-corrected chi connectivity index (χ3v) is 7.04. The van der Waals surface area contributed by atoms with E-state index in [4.69, 9.17) is 9.84 Å². The lowest BCUT2D eigenvalue weighted by molar-refractivity contribution is -0.168. The number of ether oxygens (including phenoxy) is 1. The largest absolute Gasteiger partial charge is 0.494 e. The van der Waals surface area contributed by atoms with Crippen LogP contribution in [0.15, 0.2) is 36.4 Å². The smallest absolute Gasteiger partial charge is 0.326 e. The zero-order valence-corrected chi connectivity index (χ0v) is 26.0. The number of hydrogen-bond donors (Lipinski definition) is 6. The molecular weight excluding hydrogens is 602 g/mol. The van der Waals surface area contributed by atoms with E-state index in [1.54, 1.807) is 32.0 Å². The molecular formula is C31H41N5O10. The molecule has 0 aliphatic carbocycles. The molecule has 3 unspecified atom stereocenters. The Bertz CT molecular complexity index is 1390. The lowest BCUT2D eigenvalue weighted by atomic mass is 9.90. The number of carbonyl (C=O) groups excluding carboxylic acids is 4. The van der Waals surface area contributed by atoms with E-state index in [1.165, 1.54) is 18.2 Å². The molecule has 0 aliphatic rings. The fourth-order valence-electron chi connectivity index (χ4n) is 4.75. The molecule has 4 amide bonds. The van der Waals surface area contributed by atoms with Crippen LogP contribution in [-0.4, -0.2) is 86.9 Å². The summed E-state index contributed by atoms with van der Waals surface area (Å²) in [5.41, 5.74) is 0.590. The van der Waals surface area contributed by atoms with E-state index >= 15 is 0 Å². The van der Waals surface area contributed by atoms with Crippen molar-refractivity contribution in [1.82, 2.24) is 26.0 Å². The summed E-state index contributed by atoms with van der Waals surface area (Å²) in [6.07, 6.45) is 2.74. The Balaban J connectivity index is 2.22. The summed E-state index contributed by atoms with van der Waals surface area (Å²) in [4.78, 5) is 76.9. The lowest BCUT2D eigenvalue weighted by Gasteiger charge is -2.29. The van der Waals surface area contributed by atoms with Gasteiger partial charge in [-0.2, -0.15) is 0 Å². The van der Waals surface area contributed by atoms with Crippen molar-refractivity contribution in [2.45, 2.75) is 71.4 Å². The van der Waals surface area contributed by atoms with Gasteiger partial charge in [-0.15, -0.1) is 0 Å². The molecule has 1 aromatic carbocycles. The van der Waals surface area contributed by atoms with Crippen LogP contribution >= 0.6 is 0 Å². The first-order chi connectivity index (χ1) is 21.9. The van der Waals surface area contributed by atoms with Gasteiger partial charge in [-0.3, -0.25) is 29.2 Å². The van der Waals surface area contributed by atoms with E-state index in [2.05, 4.69) is 20.9 Å². The normalized spacial score (nSPS) is 12.6. The summed E-state index contributed by atoms with van der Waals surface area (Å²) in [5, 5.41) is 36.2. The minimum Gasteiger partial charge on any atom is -0.494 e. The Labute approximate surface area is 266 Å². The van der Waals surface area contributed by atoms with Crippen molar-refractivity contribution in [3.63, 3.8) is 0 Å². The summed E-state index contributed by atoms with van der Waals surface area (Å²) in [7, 11) is 0. The predicted molar refractivity (Wildman–Crippen MR) is 164 cm³/mol. The number of aliphatic carboxylic acids is 2. The second-order valence-corrected chi connectivity index (χ2v) is 10.3. The van der Waals surface area contributed by atoms with Crippen LogP contribution in [0.1, 0.15) is 80.1 Å². The van der Waals surface area contributed by atoms with E-state index in [9.17, 15) is 39.1 Å². The first-order valence-corrected chi connectivity index (χ1v) is 14.9. The lowest BCUT2D eigenvalue weighted by Crippen LogP contribution is -2.47. The Morgan fingerprint density at radius 1 is 1.00 bits per heavy atom. The van der Waals surface area contributed by atoms with E-state index in [0.717, 1.165) is 19.3 Å². The summed E-state index contributed by atoms with van der Waals surface area (Å²) in [6.45, 7) is 5.49. The maximum atomic E-state index is 13.0. The van der Waals surface area contributed by atoms with Gasteiger partial charge in [-0.25, -0.2) is 14.8 Å². The van der Waals surface area contributed by atoms with Crippen molar-refractivity contribution < 1.29 is 48.9 Å². The van der Waals surface area contributed by atoms with Crippen LogP contribution in [0.3, 0.4) is 0 Å². The molecule has 3 atom stereocenters. The highest BCUT2D eigenvalue weighted by Gasteiger charge is 2.30. The number of amides is 4. The highest BCUT2D eigenvalue weighted by Crippen LogP contribution is 2.26. The maximum Gasteiger partial charge on any atom is 0.326 e. The first kappa shape index (κ1) is 37.1. The maximum absolute atomic E-state index is 13.0. The molecule has 46 heavy (non-hydrogen) atoms. The van der Waals surface area contributed by atoms with Crippen LogP contribution in [0.5, 0.6) is 5.75 Å². The number of carboxylic acid groups (broad SMARTS) is 2. The Morgan fingerprint density at radius 3 is 2.35 bits per heavy atom. The molecule has 15 nitrogen and oxygen atoms in total. The second-order valence-electron chi connectivity index (χ2n) is 10.3. The topological polar surface area (TPSA) is 225 Å². The summed E-state index contributed by atoms with van der Waals surface area (Å²) in [6, 6.07) is 6.52. The number of nitrogens with zero attached hydrogens (tertiary/aromatic N) is 2. The van der Waals surface area contributed by atoms with Crippen molar-refractivity contribution >= 4 is 36.1 Å². The Hall–Kier alpha value is -5.05. The minimum atomic E-state index is -1.66. The molecule has 2 aromatic rings. The van der Waals surface area contributed by atoms with Crippen molar-refractivity contribution in [3.05, 3.63) is 47.7 Å². The van der Waals surface area contributed by atoms with E-state index in [1.807, 2.05) is 6.92 Å². The number of nitrogens with one attached hydrogen (secondary N) is 3. The SMILES string of the molecule is CCCCCC(C(=O)NCNC(=O)c1cccc(-c2cc(OCC)cc(C(=O)NC(CC(=O)O)C(=O)O)c2)n1)C(CC)N(O)C=O. The average Bonchev–Trinajstić information content (AvgIpc) is 3.03. The van der Waals surface area contributed by atoms with E-state index in [0.29, 0.717) is 23.5 Å². The molecule has 0 spiro atoms. The number of unbranched alkanes of at least 4 members (excludes halogenated alkanes) is 2. The predicted octanol–water partition coefficient (Wildman–Crippen LogP) is 2.43. The Kier molecular flexibility index (Phi) is 15.1. The fraction of sp³-hybridized carbons (Fsp3) is 0.452. The third-order valence-electron chi connectivity index (χ3n) is 7.04. The van der Waals surface area contributed by atoms with E-state index in [-0.39, 0.29) is 42.4 Å². The van der Waals surface area contributed by atoms with Gasteiger partial charge in [0.15, 0.2) is 0 Å². The molecule has 2 rings (SSSR count). The van der Waals surface area contributed by atoms with Crippen LogP contribution in [0.4, 0.5) is 0 Å². The number of benzene rings is 1. The van der Waals surface area contributed by atoms with Gasteiger partial charge in [0.05, 0.1) is 37.4 Å². The van der Waals surface area contributed by atoms with Crippen LogP contribution in [0, 0.1) is 5.92 Å². The molecule has 0 radical (unpaired) electrons. The van der Waals surface area contributed by atoms with Crippen molar-refractivity contribution in [3.8, 4) is 17.0 Å². The first-order valence-electron chi connectivity index (χ1n) is 14.9. The van der Waals surface area contributed by atoms with Gasteiger partial charge in [0.2, 0.25) is 12.3 Å². The fourth-order valence-corrected chi connectivity index (χ4v) is 4.75. The summed E-state index contributed by atoms with van der Waals surface area (Å²) >= 11 is 0. The minimum absolute atomic E-state index is 0.0135. The van der Waals surface area contributed by atoms with Crippen LogP contribution < -0.4 is 20.7 Å². The van der Waals surface area contributed by atoms with Gasteiger partial charge in [-0.1, -0.05) is 39.2 Å². The summed E-state index contributed by atoms with van der Waals surface area (Å²) < 4.78 is 5.55. The molecule has 0 fully saturated rings. The van der Waals surface area contributed by atoms with Gasteiger partial charge in [-0.05, 0) is 50.1 Å². The quantitative estimate of drug-likeness (QED) is 0.0404. The highest BCUT2D eigenvalue weighted by atomic mass is 16.5. The van der Waals surface area contributed by atoms with Gasteiger partial charge < -0.3 is 30.9 Å². The number of aromatic nitrogens is 1. The standard InChI is InChI=1S/C31H41N5O10/c1-4-7-8-10-22(26(5-2)36(45)18-37)29(41)32-17-33-30(42)24-12-9-11-23(34-24)19-13-20(15-21(14-19)46-6-3)28(40)35-25(31(43)44)16-27(38)39/h9,11-15,18,22,25-26,45H,4-8,10,16-17H2,1-3H3,(H,32,41)(H,33,42)(H,35,40)(H,38,39)(H,43,44). The number of hydroxylamine groups is 2. The summed E-state index contributed by atoms with van der Waals surface area (Å²) in [5.74, 6) is -5.25. The molecule has 1 heterocycles. The van der Waals surface area contributed by atoms with Crippen LogP contribution in [0.2, 0.25) is 0 Å². The Morgan fingerprint density at radius 2 is 1.74 bits per heavy atom. The molecule has 0 saturated carbocycles. The molecule has 1 aromatic heterocycles. The third kappa shape index (κ3) is 11.1. The van der Waals surface area contributed by atoms with Crippen LogP contribution in [0.25, 0.3) is 11.3 Å². The average molecular weight is 644 g/mol. The number of rotatable bonds is 20. The molecule has 250 valence electrons. The van der Waals surface area contributed by atoms with Crippen molar-refractivity contribution in [1.29, 1.82) is 0 Å². The monoisotopic (exact) mass is 643 g/mol. The van der Waals surface area contributed by atoms with Gasteiger partial charge in [0.1, 0.15) is 17.5 Å². The van der Waals surface area contributed by atoms with E-state index < -0.39 is 54.1 Å². The van der Waals surface area contributed by atoms with Gasteiger partial charge >= 0.3 is 11.9 Å². The number of hydrogen-bond acceptors (Lipinski definition) is 9. The zero-order chi connectivity index (χ0) is 34.2. The van der Waals surface area contributed by atoms with Crippen LogP contribution in [-0.2, 0) is 19.2 Å². The highest BCUT2D eigenvalue weighted by molar-refractivity contribution is 5.99. The second kappa shape index (κ2) is 18.7. The van der Waals surface area contributed by atoms with Gasteiger partial charge in [0, 0.05) is 11.1 Å². The van der Waals surface area contributed by atoms with Crippen molar-refractivity contribution in [2.24, 2.45) is 5.92 Å². The molecule has 6 N–H and O–H groups in total. The number of carboxylic acids is 2. The molecule has 15 heteroatoms. The number of carbonyl (C=O) groups is 6. The van der Waals surface area contributed by atoms with Gasteiger partial charge in [0.25, 0.3) is 11.8 Å². The van der Waals surface area contributed by atoms with Crippen molar-refractivity contribution in [2.75, 3.05) is 13.3 Å². The molecule has 0 bridgehead atoms. The molecule has 0 saturated heterocycles. The number of pyridine rings is 1.